The lowest BCUT2D eigenvalue weighted by Crippen LogP contribution is -2.30. The van der Waals surface area contributed by atoms with Crippen molar-refractivity contribution in [3.05, 3.63) is 34.1 Å². The maximum absolute atomic E-state index is 13.0. The first kappa shape index (κ1) is 16.1. The number of amides is 1. The lowest BCUT2D eigenvalue weighted by Gasteiger charge is -2.09. The van der Waals surface area contributed by atoms with Gasteiger partial charge in [0.25, 0.3) is 0 Å². The predicted molar refractivity (Wildman–Crippen MR) is 78.3 cm³/mol. The summed E-state index contributed by atoms with van der Waals surface area (Å²) in [6.07, 6.45) is 0.430. The van der Waals surface area contributed by atoms with Crippen LogP contribution in [0.1, 0.15) is 25.8 Å². The number of nitrogens with one attached hydrogen (secondary N) is 2. The molecule has 0 aromatic heterocycles. The van der Waals surface area contributed by atoms with Gasteiger partial charge in [-0.15, -0.1) is 0 Å². The van der Waals surface area contributed by atoms with Crippen LogP contribution in [0, 0.1) is 11.7 Å². The third-order valence-electron chi connectivity index (χ3n) is 2.56. The van der Waals surface area contributed by atoms with E-state index in [0.717, 1.165) is 10.0 Å². The molecule has 1 aromatic carbocycles. The Balaban J connectivity index is 2.23. The van der Waals surface area contributed by atoms with Gasteiger partial charge in [-0.3, -0.25) is 4.79 Å². The maximum atomic E-state index is 13.0. The van der Waals surface area contributed by atoms with Crippen molar-refractivity contribution in [3.8, 4) is 0 Å². The summed E-state index contributed by atoms with van der Waals surface area (Å²) in [5.74, 6) is 0.245. The highest BCUT2D eigenvalue weighted by molar-refractivity contribution is 9.10. The maximum Gasteiger partial charge on any atom is 0.221 e. The standard InChI is InChI=1S/C14H20BrFN2O/c1-10(2)8-18-14(19)5-6-17-9-11-7-12(16)3-4-13(11)15/h3-4,7,10,17H,5-6,8-9H2,1-2H3,(H,18,19). The molecule has 0 heterocycles. The minimum absolute atomic E-state index is 0.0412. The van der Waals surface area contributed by atoms with Gasteiger partial charge in [0.05, 0.1) is 0 Å². The van der Waals surface area contributed by atoms with Gasteiger partial charge in [0.2, 0.25) is 5.91 Å². The Labute approximate surface area is 122 Å². The zero-order valence-corrected chi connectivity index (χ0v) is 12.9. The van der Waals surface area contributed by atoms with Crippen molar-refractivity contribution in [2.75, 3.05) is 13.1 Å². The first-order chi connectivity index (χ1) is 8.99. The minimum atomic E-state index is -0.255. The summed E-state index contributed by atoms with van der Waals surface area (Å²) < 4.78 is 13.9. The van der Waals surface area contributed by atoms with E-state index in [2.05, 4.69) is 40.4 Å². The van der Waals surface area contributed by atoms with Gasteiger partial charge in [0.1, 0.15) is 5.82 Å². The molecule has 0 aliphatic rings. The zero-order valence-electron chi connectivity index (χ0n) is 11.3. The van der Waals surface area contributed by atoms with Crippen molar-refractivity contribution in [1.29, 1.82) is 0 Å². The monoisotopic (exact) mass is 330 g/mol. The Bertz CT molecular complexity index is 424. The molecule has 19 heavy (non-hydrogen) atoms. The van der Waals surface area contributed by atoms with E-state index in [-0.39, 0.29) is 11.7 Å². The number of carbonyl (C=O) groups is 1. The molecule has 0 atom stereocenters. The van der Waals surface area contributed by atoms with Gasteiger partial charge in [-0.2, -0.15) is 0 Å². The molecular weight excluding hydrogens is 311 g/mol. The molecule has 5 heteroatoms. The molecule has 1 aromatic rings. The van der Waals surface area contributed by atoms with Crippen LogP contribution >= 0.6 is 15.9 Å². The van der Waals surface area contributed by atoms with Crippen molar-refractivity contribution < 1.29 is 9.18 Å². The van der Waals surface area contributed by atoms with Crippen LogP contribution in [0.2, 0.25) is 0 Å². The second kappa shape index (κ2) is 8.27. The van der Waals surface area contributed by atoms with Gasteiger partial charge < -0.3 is 10.6 Å². The SMILES string of the molecule is CC(C)CNC(=O)CCNCc1cc(F)ccc1Br. The van der Waals surface area contributed by atoms with E-state index in [1.165, 1.54) is 12.1 Å². The molecule has 3 nitrogen and oxygen atoms in total. The molecule has 0 radical (unpaired) electrons. The molecule has 0 aliphatic heterocycles. The molecule has 2 N–H and O–H groups in total. The molecule has 106 valence electrons. The second-order valence-corrected chi connectivity index (χ2v) is 5.71. The molecule has 0 spiro atoms. The smallest absolute Gasteiger partial charge is 0.221 e. The largest absolute Gasteiger partial charge is 0.356 e. The third kappa shape index (κ3) is 6.68. The van der Waals surface area contributed by atoms with Gasteiger partial charge >= 0.3 is 0 Å². The van der Waals surface area contributed by atoms with Crippen LogP contribution in [0.3, 0.4) is 0 Å². The highest BCUT2D eigenvalue weighted by Crippen LogP contribution is 2.17. The highest BCUT2D eigenvalue weighted by atomic mass is 79.9. The first-order valence-corrected chi connectivity index (χ1v) is 7.19. The Morgan fingerprint density at radius 2 is 2.16 bits per heavy atom. The van der Waals surface area contributed by atoms with Crippen LogP contribution < -0.4 is 10.6 Å². The molecular formula is C14H20BrFN2O. The third-order valence-corrected chi connectivity index (χ3v) is 3.33. The normalized spacial score (nSPS) is 10.8. The molecule has 0 bridgehead atoms. The number of halogens is 2. The number of carbonyl (C=O) groups excluding carboxylic acids is 1. The number of benzene rings is 1. The summed E-state index contributed by atoms with van der Waals surface area (Å²) in [7, 11) is 0. The van der Waals surface area contributed by atoms with Crippen LogP contribution in [0.4, 0.5) is 4.39 Å². The fourth-order valence-electron chi connectivity index (χ4n) is 1.51. The van der Waals surface area contributed by atoms with Gasteiger partial charge in [-0.05, 0) is 29.7 Å². The van der Waals surface area contributed by atoms with E-state index in [1.807, 2.05) is 0 Å². The van der Waals surface area contributed by atoms with Crippen LogP contribution in [0.5, 0.6) is 0 Å². The number of hydrogen-bond acceptors (Lipinski definition) is 2. The quantitative estimate of drug-likeness (QED) is 0.755. The molecule has 1 amide bonds. The van der Waals surface area contributed by atoms with E-state index in [9.17, 15) is 9.18 Å². The van der Waals surface area contributed by atoms with Gasteiger partial charge in [-0.1, -0.05) is 29.8 Å². The Morgan fingerprint density at radius 3 is 2.84 bits per heavy atom. The predicted octanol–water partition coefficient (Wildman–Crippen LogP) is 2.84. The van der Waals surface area contributed by atoms with E-state index < -0.39 is 0 Å². The van der Waals surface area contributed by atoms with Crippen molar-refractivity contribution >= 4 is 21.8 Å². The lowest BCUT2D eigenvalue weighted by atomic mass is 10.2. The van der Waals surface area contributed by atoms with E-state index in [0.29, 0.717) is 32.0 Å². The minimum Gasteiger partial charge on any atom is -0.356 e. The van der Waals surface area contributed by atoms with E-state index >= 15 is 0 Å². The first-order valence-electron chi connectivity index (χ1n) is 6.40. The number of rotatable bonds is 7. The van der Waals surface area contributed by atoms with Crippen molar-refractivity contribution in [1.82, 2.24) is 10.6 Å². The highest BCUT2D eigenvalue weighted by Gasteiger charge is 2.04. The van der Waals surface area contributed by atoms with Crippen molar-refractivity contribution in [3.63, 3.8) is 0 Å². The van der Waals surface area contributed by atoms with Gasteiger partial charge in [-0.25, -0.2) is 4.39 Å². The number of hydrogen-bond donors (Lipinski definition) is 2. The Morgan fingerprint density at radius 1 is 1.42 bits per heavy atom. The summed E-state index contributed by atoms with van der Waals surface area (Å²) in [5, 5.41) is 5.98. The summed E-state index contributed by atoms with van der Waals surface area (Å²) >= 11 is 3.37. The van der Waals surface area contributed by atoms with E-state index in [4.69, 9.17) is 0 Å². The van der Waals surface area contributed by atoms with Crippen LogP contribution in [-0.4, -0.2) is 19.0 Å². The average molecular weight is 331 g/mol. The molecule has 1 rings (SSSR count). The summed E-state index contributed by atoms with van der Waals surface area (Å²) in [6, 6.07) is 4.57. The zero-order chi connectivity index (χ0) is 14.3. The lowest BCUT2D eigenvalue weighted by molar-refractivity contribution is -0.121. The fraction of sp³-hybridized carbons (Fsp3) is 0.500. The summed E-state index contributed by atoms with van der Waals surface area (Å²) in [6.45, 7) is 5.93. The topological polar surface area (TPSA) is 41.1 Å². The Hall–Kier alpha value is -0.940. The molecule has 0 unspecified atom stereocenters. The Kier molecular flexibility index (Phi) is 7.02. The summed E-state index contributed by atoms with van der Waals surface area (Å²) in [5.41, 5.74) is 0.850. The van der Waals surface area contributed by atoms with E-state index in [1.54, 1.807) is 6.07 Å². The van der Waals surface area contributed by atoms with Crippen LogP contribution in [-0.2, 0) is 11.3 Å². The second-order valence-electron chi connectivity index (χ2n) is 4.86. The van der Waals surface area contributed by atoms with Crippen molar-refractivity contribution in [2.24, 2.45) is 5.92 Å². The summed E-state index contributed by atoms with van der Waals surface area (Å²) in [4.78, 5) is 11.5. The molecule has 0 aliphatic carbocycles. The molecule has 0 fully saturated rings. The van der Waals surface area contributed by atoms with Crippen LogP contribution in [0.25, 0.3) is 0 Å². The van der Waals surface area contributed by atoms with Crippen LogP contribution in [0.15, 0.2) is 22.7 Å². The molecule has 0 saturated heterocycles. The molecule has 0 saturated carbocycles. The fourth-order valence-corrected chi connectivity index (χ4v) is 1.90. The van der Waals surface area contributed by atoms with Crippen molar-refractivity contribution in [2.45, 2.75) is 26.8 Å². The van der Waals surface area contributed by atoms with Gasteiger partial charge in [0.15, 0.2) is 0 Å². The van der Waals surface area contributed by atoms with Gasteiger partial charge in [0, 0.05) is 30.5 Å². The average Bonchev–Trinajstić information content (AvgIpc) is 2.36.